The molecule has 0 aliphatic rings. The van der Waals surface area contributed by atoms with Crippen LogP contribution < -0.4 is 5.32 Å². The van der Waals surface area contributed by atoms with Crippen LogP contribution in [0.5, 0.6) is 0 Å². The Morgan fingerprint density at radius 1 is 1.19 bits per heavy atom. The minimum Gasteiger partial charge on any atom is -0.376 e. The molecule has 0 aromatic carbocycles. The van der Waals surface area contributed by atoms with E-state index in [4.69, 9.17) is 0 Å². The average Bonchev–Trinajstić information content (AvgIpc) is 3.08. The van der Waals surface area contributed by atoms with Crippen LogP contribution in [0.4, 0.5) is 5.69 Å². The van der Waals surface area contributed by atoms with Crippen molar-refractivity contribution in [3.05, 3.63) is 58.4 Å². The van der Waals surface area contributed by atoms with Gasteiger partial charge < -0.3 is 5.32 Å². The summed E-state index contributed by atoms with van der Waals surface area (Å²) in [6.45, 7) is 6.29. The van der Waals surface area contributed by atoms with Crippen LogP contribution in [-0.4, -0.2) is 14.5 Å². The molecule has 0 fully saturated rings. The van der Waals surface area contributed by atoms with E-state index in [1.807, 2.05) is 30.0 Å². The fourth-order valence-electron chi connectivity index (χ4n) is 2.38. The molecule has 1 atom stereocenters. The van der Waals surface area contributed by atoms with E-state index in [2.05, 4.69) is 46.6 Å². The van der Waals surface area contributed by atoms with E-state index in [0.717, 1.165) is 17.3 Å². The first-order valence-electron chi connectivity index (χ1n) is 6.92. The second-order valence-corrected chi connectivity index (χ2v) is 6.03. The maximum atomic E-state index is 4.50. The molecule has 3 heterocycles. The molecule has 0 bridgehead atoms. The van der Waals surface area contributed by atoms with Gasteiger partial charge in [0.25, 0.3) is 0 Å². The van der Waals surface area contributed by atoms with Crippen molar-refractivity contribution in [2.75, 3.05) is 5.32 Å². The largest absolute Gasteiger partial charge is 0.376 e. The standard InChI is InChI=1S/C16H18N4S/c1-11-6-9-21-16(11)12(2)19-14-4-5-15(18-10-14)20-8-7-17-13(20)3/h4-10,12,19H,1-3H3. The quantitative estimate of drug-likeness (QED) is 0.788. The average molecular weight is 298 g/mol. The highest BCUT2D eigenvalue weighted by atomic mass is 32.1. The molecule has 3 aromatic heterocycles. The molecular formula is C16H18N4S. The van der Waals surface area contributed by atoms with Crippen LogP contribution in [-0.2, 0) is 0 Å². The number of pyridine rings is 1. The fraction of sp³-hybridized carbons (Fsp3) is 0.250. The Hall–Kier alpha value is -2.14. The summed E-state index contributed by atoms with van der Waals surface area (Å²) in [5.41, 5.74) is 2.36. The van der Waals surface area contributed by atoms with E-state index in [1.165, 1.54) is 10.4 Å². The summed E-state index contributed by atoms with van der Waals surface area (Å²) in [7, 11) is 0. The van der Waals surface area contributed by atoms with Crippen molar-refractivity contribution in [2.45, 2.75) is 26.8 Å². The van der Waals surface area contributed by atoms with Crippen molar-refractivity contribution in [2.24, 2.45) is 0 Å². The summed E-state index contributed by atoms with van der Waals surface area (Å²) < 4.78 is 1.97. The zero-order chi connectivity index (χ0) is 14.8. The lowest BCUT2D eigenvalue weighted by atomic mass is 10.2. The normalized spacial score (nSPS) is 12.3. The van der Waals surface area contributed by atoms with Gasteiger partial charge in [0.2, 0.25) is 0 Å². The first kappa shape index (κ1) is 13.8. The van der Waals surface area contributed by atoms with E-state index in [-0.39, 0.29) is 6.04 Å². The molecular weight excluding hydrogens is 280 g/mol. The minimum absolute atomic E-state index is 0.285. The number of thiophene rings is 1. The Balaban J connectivity index is 1.76. The zero-order valence-electron chi connectivity index (χ0n) is 12.4. The van der Waals surface area contributed by atoms with Crippen LogP contribution in [0.1, 0.15) is 29.2 Å². The molecule has 0 saturated carbocycles. The van der Waals surface area contributed by atoms with Crippen molar-refractivity contribution in [3.8, 4) is 5.82 Å². The number of imidazole rings is 1. The van der Waals surface area contributed by atoms with Gasteiger partial charge in [0.1, 0.15) is 11.6 Å². The highest BCUT2D eigenvalue weighted by Gasteiger charge is 2.10. The van der Waals surface area contributed by atoms with Gasteiger partial charge in [-0.25, -0.2) is 9.97 Å². The summed E-state index contributed by atoms with van der Waals surface area (Å²) >= 11 is 1.78. The molecule has 0 saturated heterocycles. The van der Waals surface area contributed by atoms with Crippen LogP contribution in [0, 0.1) is 13.8 Å². The number of hydrogen-bond donors (Lipinski definition) is 1. The van der Waals surface area contributed by atoms with E-state index >= 15 is 0 Å². The number of nitrogens with zero attached hydrogens (tertiary/aromatic N) is 3. The first-order valence-corrected chi connectivity index (χ1v) is 7.80. The van der Waals surface area contributed by atoms with Crippen molar-refractivity contribution in [3.63, 3.8) is 0 Å². The SMILES string of the molecule is Cc1ccsc1C(C)Nc1ccc(-n2ccnc2C)nc1. The van der Waals surface area contributed by atoms with Gasteiger partial charge in [-0.3, -0.25) is 4.57 Å². The van der Waals surface area contributed by atoms with Crippen molar-refractivity contribution >= 4 is 17.0 Å². The molecule has 0 amide bonds. The molecule has 0 aliphatic heterocycles. The van der Waals surface area contributed by atoms with Gasteiger partial charge in [-0.05, 0) is 49.9 Å². The second-order valence-electron chi connectivity index (χ2n) is 5.08. The third kappa shape index (κ3) is 2.83. The summed E-state index contributed by atoms with van der Waals surface area (Å²) in [6, 6.07) is 6.50. The number of anilines is 1. The van der Waals surface area contributed by atoms with E-state index in [0.29, 0.717) is 0 Å². The number of rotatable bonds is 4. The summed E-state index contributed by atoms with van der Waals surface area (Å²) in [5, 5.41) is 5.63. The van der Waals surface area contributed by atoms with Crippen molar-refractivity contribution < 1.29 is 0 Å². The molecule has 0 spiro atoms. The van der Waals surface area contributed by atoms with Crippen LogP contribution in [0.2, 0.25) is 0 Å². The highest BCUT2D eigenvalue weighted by Crippen LogP contribution is 2.26. The molecule has 3 rings (SSSR count). The lowest BCUT2D eigenvalue weighted by Gasteiger charge is -2.15. The maximum Gasteiger partial charge on any atom is 0.138 e. The van der Waals surface area contributed by atoms with Crippen LogP contribution in [0.15, 0.2) is 42.2 Å². The molecule has 0 aliphatic carbocycles. The van der Waals surface area contributed by atoms with Crippen LogP contribution in [0.3, 0.4) is 0 Å². The van der Waals surface area contributed by atoms with Crippen LogP contribution in [0.25, 0.3) is 5.82 Å². The summed E-state index contributed by atoms with van der Waals surface area (Å²) in [4.78, 5) is 10.1. The first-order chi connectivity index (χ1) is 10.1. The smallest absolute Gasteiger partial charge is 0.138 e. The number of hydrogen-bond acceptors (Lipinski definition) is 4. The number of nitrogens with one attached hydrogen (secondary N) is 1. The maximum absolute atomic E-state index is 4.50. The Bertz CT molecular complexity index is 727. The lowest BCUT2D eigenvalue weighted by molar-refractivity contribution is 0.891. The van der Waals surface area contributed by atoms with Crippen molar-refractivity contribution in [1.29, 1.82) is 0 Å². The molecule has 108 valence electrons. The van der Waals surface area contributed by atoms with E-state index < -0.39 is 0 Å². The minimum atomic E-state index is 0.285. The Labute approximate surface area is 128 Å². The van der Waals surface area contributed by atoms with Gasteiger partial charge in [0, 0.05) is 17.3 Å². The third-order valence-electron chi connectivity index (χ3n) is 3.50. The molecule has 5 heteroatoms. The zero-order valence-corrected chi connectivity index (χ0v) is 13.2. The van der Waals surface area contributed by atoms with Gasteiger partial charge in [0.05, 0.1) is 17.9 Å². The topological polar surface area (TPSA) is 42.7 Å². The number of aromatic nitrogens is 3. The summed E-state index contributed by atoms with van der Waals surface area (Å²) in [6.07, 6.45) is 5.57. The Morgan fingerprint density at radius 2 is 2.05 bits per heavy atom. The van der Waals surface area contributed by atoms with Gasteiger partial charge >= 0.3 is 0 Å². The van der Waals surface area contributed by atoms with E-state index in [1.54, 1.807) is 17.5 Å². The molecule has 4 nitrogen and oxygen atoms in total. The molecule has 21 heavy (non-hydrogen) atoms. The predicted octanol–water partition coefficient (Wildman–Crippen LogP) is 4.12. The van der Waals surface area contributed by atoms with Crippen molar-refractivity contribution in [1.82, 2.24) is 14.5 Å². The molecule has 1 unspecified atom stereocenters. The van der Waals surface area contributed by atoms with Gasteiger partial charge in [-0.15, -0.1) is 11.3 Å². The summed E-state index contributed by atoms with van der Waals surface area (Å²) in [5.74, 6) is 1.82. The predicted molar refractivity (Wildman–Crippen MR) is 87.2 cm³/mol. The highest BCUT2D eigenvalue weighted by molar-refractivity contribution is 7.10. The second kappa shape index (κ2) is 5.69. The van der Waals surface area contributed by atoms with Gasteiger partial charge in [-0.2, -0.15) is 0 Å². The molecule has 3 aromatic rings. The van der Waals surface area contributed by atoms with E-state index in [9.17, 15) is 0 Å². The Morgan fingerprint density at radius 3 is 2.62 bits per heavy atom. The lowest BCUT2D eigenvalue weighted by Crippen LogP contribution is -2.07. The molecule has 0 radical (unpaired) electrons. The monoisotopic (exact) mass is 298 g/mol. The third-order valence-corrected chi connectivity index (χ3v) is 4.70. The van der Waals surface area contributed by atoms with Gasteiger partial charge in [-0.1, -0.05) is 0 Å². The number of aryl methyl sites for hydroxylation is 2. The fourth-order valence-corrected chi connectivity index (χ4v) is 3.31. The van der Waals surface area contributed by atoms with Gasteiger partial charge in [0.15, 0.2) is 0 Å². The van der Waals surface area contributed by atoms with Crippen LogP contribution >= 0.6 is 11.3 Å². The Kier molecular flexibility index (Phi) is 3.75. The molecule has 1 N–H and O–H groups in total.